The van der Waals surface area contributed by atoms with Gasteiger partial charge in [0.2, 0.25) is 0 Å². The van der Waals surface area contributed by atoms with Crippen LogP contribution in [0, 0.1) is 11.8 Å². The Morgan fingerprint density at radius 3 is 2.79 bits per heavy atom. The summed E-state index contributed by atoms with van der Waals surface area (Å²) in [5.41, 5.74) is 2.21. The van der Waals surface area contributed by atoms with Gasteiger partial charge in [-0.3, -0.25) is 0 Å². The minimum Gasteiger partial charge on any atom is -0.487 e. The summed E-state index contributed by atoms with van der Waals surface area (Å²) in [7, 11) is 0. The Kier molecular flexibility index (Phi) is 3.09. The van der Waals surface area contributed by atoms with Crippen LogP contribution in [0.3, 0.4) is 0 Å². The molecular weight excluding hydrogens is 236 g/mol. The molecule has 3 atom stereocenters. The molecule has 2 heteroatoms. The van der Waals surface area contributed by atoms with Gasteiger partial charge in [-0.05, 0) is 55.4 Å². The fraction of sp³-hybridized carbons (Fsp3) is 0.647. The Bertz CT molecular complexity index is 478. The van der Waals surface area contributed by atoms with E-state index >= 15 is 0 Å². The number of fused-ring (bicyclic) bond motifs is 1. The molecule has 2 aliphatic rings. The Morgan fingerprint density at radius 1 is 1.32 bits per heavy atom. The van der Waals surface area contributed by atoms with Crippen LogP contribution in [-0.2, 0) is 6.42 Å². The van der Waals surface area contributed by atoms with Crippen LogP contribution in [0.25, 0.3) is 0 Å². The Hall–Kier alpha value is -1.02. The van der Waals surface area contributed by atoms with Crippen molar-refractivity contribution in [1.82, 2.24) is 0 Å². The van der Waals surface area contributed by atoms with Crippen molar-refractivity contribution in [3.8, 4) is 5.75 Å². The lowest BCUT2D eigenvalue weighted by Gasteiger charge is -2.22. The second-order valence-electron chi connectivity index (χ2n) is 6.92. The van der Waals surface area contributed by atoms with Crippen molar-refractivity contribution >= 4 is 0 Å². The highest BCUT2D eigenvalue weighted by Gasteiger charge is 2.33. The van der Waals surface area contributed by atoms with E-state index in [1.807, 2.05) is 12.1 Å². The summed E-state index contributed by atoms with van der Waals surface area (Å²) in [6, 6.07) is 6.22. The lowest BCUT2D eigenvalue weighted by Crippen LogP contribution is -2.24. The quantitative estimate of drug-likeness (QED) is 0.874. The normalized spacial score (nSPS) is 29.9. The summed E-state index contributed by atoms with van der Waals surface area (Å²) in [6.07, 6.45) is 4.28. The lowest BCUT2D eigenvalue weighted by atomic mass is 9.87. The minimum atomic E-state index is -0.313. The SMILES string of the molecule is CC1CCCC1C(O)c1ccc2c(c1)CC(C)(C)O2. The monoisotopic (exact) mass is 260 g/mol. The van der Waals surface area contributed by atoms with Gasteiger partial charge in [-0.2, -0.15) is 0 Å². The van der Waals surface area contributed by atoms with Crippen LogP contribution in [0.5, 0.6) is 5.75 Å². The number of aliphatic hydroxyl groups is 1. The summed E-state index contributed by atoms with van der Waals surface area (Å²) >= 11 is 0. The summed E-state index contributed by atoms with van der Waals surface area (Å²) < 4.78 is 5.89. The maximum atomic E-state index is 10.6. The third kappa shape index (κ3) is 2.38. The van der Waals surface area contributed by atoms with E-state index in [4.69, 9.17) is 4.74 Å². The summed E-state index contributed by atoms with van der Waals surface area (Å²) in [4.78, 5) is 0. The molecule has 1 aliphatic carbocycles. The molecular formula is C17H24O2. The smallest absolute Gasteiger partial charge is 0.123 e. The van der Waals surface area contributed by atoms with Crippen LogP contribution in [0.2, 0.25) is 0 Å². The molecule has 19 heavy (non-hydrogen) atoms. The van der Waals surface area contributed by atoms with E-state index in [2.05, 4.69) is 26.8 Å². The van der Waals surface area contributed by atoms with E-state index in [0.717, 1.165) is 24.2 Å². The van der Waals surface area contributed by atoms with Gasteiger partial charge in [-0.15, -0.1) is 0 Å². The molecule has 0 radical (unpaired) electrons. The average Bonchev–Trinajstić information content (AvgIpc) is 2.88. The van der Waals surface area contributed by atoms with E-state index in [0.29, 0.717) is 11.8 Å². The first-order valence-electron chi connectivity index (χ1n) is 7.46. The third-order valence-corrected chi connectivity index (χ3v) is 4.76. The average molecular weight is 260 g/mol. The maximum absolute atomic E-state index is 10.6. The van der Waals surface area contributed by atoms with Gasteiger partial charge in [-0.1, -0.05) is 25.8 Å². The molecule has 3 unspecified atom stereocenters. The molecule has 1 heterocycles. The molecule has 1 N–H and O–H groups in total. The first kappa shape index (κ1) is 13.0. The van der Waals surface area contributed by atoms with Crippen molar-refractivity contribution in [3.63, 3.8) is 0 Å². The Labute approximate surface area is 115 Å². The molecule has 0 saturated heterocycles. The molecule has 3 rings (SSSR count). The van der Waals surface area contributed by atoms with Crippen LogP contribution < -0.4 is 4.74 Å². The highest BCUT2D eigenvalue weighted by atomic mass is 16.5. The molecule has 1 aliphatic heterocycles. The number of hydrogen-bond donors (Lipinski definition) is 1. The van der Waals surface area contributed by atoms with Gasteiger partial charge in [0.25, 0.3) is 0 Å². The van der Waals surface area contributed by atoms with E-state index in [-0.39, 0.29) is 11.7 Å². The standard InChI is InChI=1S/C17H24O2/c1-11-5-4-6-14(11)16(18)12-7-8-15-13(9-12)10-17(2,3)19-15/h7-9,11,14,16,18H,4-6,10H2,1-3H3. The zero-order chi connectivity index (χ0) is 13.6. The van der Waals surface area contributed by atoms with Gasteiger partial charge in [0.05, 0.1) is 6.10 Å². The second kappa shape index (κ2) is 4.52. The first-order valence-corrected chi connectivity index (χ1v) is 7.46. The third-order valence-electron chi connectivity index (χ3n) is 4.76. The Morgan fingerprint density at radius 2 is 2.11 bits per heavy atom. The highest BCUT2D eigenvalue weighted by Crippen LogP contribution is 2.42. The zero-order valence-electron chi connectivity index (χ0n) is 12.1. The molecule has 1 aromatic rings. The molecule has 104 valence electrons. The van der Waals surface area contributed by atoms with Gasteiger partial charge in [0.1, 0.15) is 11.4 Å². The summed E-state index contributed by atoms with van der Waals surface area (Å²) in [5, 5.41) is 10.6. The molecule has 0 aromatic heterocycles. The molecule has 0 amide bonds. The molecule has 1 aromatic carbocycles. The van der Waals surface area contributed by atoms with Crippen LogP contribution in [0.4, 0.5) is 0 Å². The molecule has 0 spiro atoms. The van der Waals surface area contributed by atoms with Gasteiger partial charge < -0.3 is 9.84 Å². The van der Waals surface area contributed by atoms with Crippen LogP contribution in [0.15, 0.2) is 18.2 Å². The fourth-order valence-corrected chi connectivity index (χ4v) is 3.70. The van der Waals surface area contributed by atoms with Gasteiger partial charge in [0.15, 0.2) is 0 Å². The molecule has 1 saturated carbocycles. The van der Waals surface area contributed by atoms with Gasteiger partial charge in [0, 0.05) is 6.42 Å². The van der Waals surface area contributed by atoms with Crippen molar-refractivity contribution < 1.29 is 9.84 Å². The zero-order valence-corrected chi connectivity index (χ0v) is 12.1. The van der Waals surface area contributed by atoms with E-state index < -0.39 is 0 Å². The lowest BCUT2D eigenvalue weighted by molar-refractivity contribution is 0.0900. The minimum absolute atomic E-state index is 0.105. The van der Waals surface area contributed by atoms with Crippen molar-refractivity contribution in [1.29, 1.82) is 0 Å². The van der Waals surface area contributed by atoms with E-state index in [9.17, 15) is 5.11 Å². The number of hydrogen-bond acceptors (Lipinski definition) is 2. The van der Waals surface area contributed by atoms with Crippen molar-refractivity contribution in [3.05, 3.63) is 29.3 Å². The van der Waals surface area contributed by atoms with Crippen LogP contribution in [0.1, 0.15) is 57.3 Å². The fourth-order valence-electron chi connectivity index (χ4n) is 3.70. The first-order chi connectivity index (χ1) is 8.96. The van der Waals surface area contributed by atoms with Crippen molar-refractivity contribution in [2.75, 3.05) is 0 Å². The topological polar surface area (TPSA) is 29.5 Å². The van der Waals surface area contributed by atoms with Crippen molar-refractivity contribution in [2.24, 2.45) is 11.8 Å². The summed E-state index contributed by atoms with van der Waals surface area (Å²) in [5.74, 6) is 2.05. The number of benzene rings is 1. The molecule has 0 bridgehead atoms. The highest BCUT2D eigenvalue weighted by molar-refractivity contribution is 5.42. The Balaban J connectivity index is 1.83. The van der Waals surface area contributed by atoms with Gasteiger partial charge >= 0.3 is 0 Å². The van der Waals surface area contributed by atoms with Crippen LogP contribution >= 0.6 is 0 Å². The predicted molar refractivity (Wildman–Crippen MR) is 76.3 cm³/mol. The summed E-state index contributed by atoms with van der Waals surface area (Å²) in [6.45, 7) is 6.49. The molecule has 2 nitrogen and oxygen atoms in total. The second-order valence-corrected chi connectivity index (χ2v) is 6.92. The van der Waals surface area contributed by atoms with Crippen molar-refractivity contribution in [2.45, 2.75) is 58.2 Å². The molecule has 1 fully saturated rings. The number of aliphatic hydroxyl groups excluding tert-OH is 1. The predicted octanol–water partition coefficient (Wildman–Crippen LogP) is 3.87. The largest absolute Gasteiger partial charge is 0.487 e. The number of rotatable bonds is 2. The van der Waals surface area contributed by atoms with Crippen LogP contribution in [-0.4, -0.2) is 10.7 Å². The van der Waals surface area contributed by atoms with E-state index in [1.165, 1.54) is 18.4 Å². The van der Waals surface area contributed by atoms with Gasteiger partial charge in [-0.25, -0.2) is 0 Å². The van der Waals surface area contributed by atoms with E-state index in [1.54, 1.807) is 0 Å². The number of ether oxygens (including phenoxy) is 1. The maximum Gasteiger partial charge on any atom is 0.123 e.